The van der Waals surface area contributed by atoms with Crippen molar-refractivity contribution in [2.75, 3.05) is 20.1 Å². The molecule has 0 bridgehead atoms. The van der Waals surface area contributed by atoms with E-state index >= 15 is 0 Å². The van der Waals surface area contributed by atoms with Gasteiger partial charge >= 0.3 is 0 Å². The highest BCUT2D eigenvalue weighted by atomic mass is 16.3. The van der Waals surface area contributed by atoms with Crippen LogP contribution in [0.3, 0.4) is 0 Å². The molecule has 1 aliphatic carbocycles. The molecule has 0 unspecified atom stereocenters. The van der Waals surface area contributed by atoms with Gasteiger partial charge in [0.15, 0.2) is 0 Å². The van der Waals surface area contributed by atoms with Crippen LogP contribution in [0.4, 0.5) is 0 Å². The lowest BCUT2D eigenvalue weighted by Crippen LogP contribution is -2.37. The Morgan fingerprint density at radius 3 is 2.79 bits per heavy atom. The van der Waals surface area contributed by atoms with E-state index in [4.69, 9.17) is 0 Å². The molecular formula is C28H36N6O4. The Kier molecular flexibility index (Phi) is 8.04. The number of hydrogen-bond acceptors (Lipinski definition) is 8. The van der Waals surface area contributed by atoms with E-state index in [1.165, 1.54) is 12.1 Å². The first-order valence-corrected chi connectivity index (χ1v) is 13.3. The number of H-pyrrole nitrogens is 1. The molecule has 5 rings (SSSR count). The number of aliphatic hydroxyl groups is 2. The van der Waals surface area contributed by atoms with Crippen LogP contribution in [0.15, 0.2) is 47.3 Å². The molecule has 0 saturated heterocycles. The third kappa shape index (κ3) is 5.88. The fourth-order valence-electron chi connectivity index (χ4n) is 5.46. The average Bonchev–Trinajstić information content (AvgIpc) is 3.31. The number of fused-ring (bicyclic) bond motifs is 2. The van der Waals surface area contributed by atoms with Crippen LogP contribution in [0.25, 0.3) is 21.9 Å². The fraction of sp³-hybridized carbons (Fsp3) is 0.464. The van der Waals surface area contributed by atoms with Gasteiger partial charge in [-0.2, -0.15) is 0 Å². The Hall–Kier alpha value is -3.31. The van der Waals surface area contributed by atoms with Crippen LogP contribution in [0.5, 0.6) is 5.75 Å². The molecule has 10 nitrogen and oxygen atoms in total. The number of aromatic hydroxyl groups is 1. The van der Waals surface area contributed by atoms with Gasteiger partial charge in [-0.25, -0.2) is 4.68 Å². The maximum atomic E-state index is 11.6. The molecule has 4 aromatic rings. The normalized spacial score (nSPS) is 18.9. The lowest BCUT2D eigenvalue weighted by molar-refractivity contribution is 0.0834. The zero-order valence-corrected chi connectivity index (χ0v) is 21.7. The van der Waals surface area contributed by atoms with Crippen LogP contribution < -0.4 is 10.9 Å². The summed E-state index contributed by atoms with van der Waals surface area (Å²) in [4.78, 5) is 16.7. The smallest absolute Gasteiger partial charge is 0.248 e. The third-order valence-corrected chi connectivity index (χ3v) is 7.68. The zero-order valence-electron chi connectivity index (χ0n) is 21.7. The summed E-state index contributed by atoms with van der Waals surface area (Å²) in [7, 11) is 2.17. The van der Waals surface area contributed by atoms with Gasteiger partial charge in [0.05, 0.1) is 23.2 Å². The predicted octanol–water partition coefficient (Wildman–Crippen LogP) is 2.43. The molecule has 202 valence electrons. The lowest BCUT2D eigenvalue weighted by Gasteiger charge is -2.33. The Bertz CT molecular complexity index is 1440. The van der Waals surface area contributed by atoms with Crippen LogP contribution in [0, 0.1) is 0 Å². The van der Waals surface area contributed by atoms with E-state index < -0.39 is 6.10 Å². The Morgan fingerprint density at radius 1 is 1.16 bits per heavy atom. The fourth-order valence-corrected chi connectivity index (χ4v) is 5.46. The molecule has 1 saturated carbocycles. The van der Waals surface area contributed by atoms with Crippen molar-refractivity contribution in [3.8, 4) is 5.75 Å². The number of rotatable bonds is 10. The van der Waals surface area contributed by atoms with Gasteiger partial charge < -0.3 is 30.5 Å². The van der Waals surface area contributed by atoms with Gasteiger partial charge in [0.25, 0.3) is 0 Å². The summed E-state index contributed by atoms with van der Waals surface area (Å²) in [6.07, 6.45) is 3.96. The molecule has 1 atom stereocenters. The second kappa shape index (κ2) is 11.6. The van der Waals surface area contributed by atoms with Crippen molar-refractivity contribution in [2.24, 2.45) is 0 Å². The molecular weight excluding hydrogens is 484 g/mol. The summed E-state index contributed by atoms with van der Waals surface area (Å²) in [5.74, 6) is -0.0278. The van der Waals surface area contributed by atoms with Crippen molar-refractivity contribution in [3.05, 3.63) is 63.9 Å². The zero-order chi connectivity index (χ0) is 26.6. The minimum Gasteiger partial charge on any atom is -0.506 e. The number of phenolic OH excluding ortho intramolecular Hbond substituents is 1. The second-order valence-corrected chi connectivity index (χ2v) is 10.4. The van der Waals surface area contributed by atoms with Gasteiger partial charge in [-0.05, 0) is 81.1 Å². The summed E-state index contributed by atoms with van der Waals surface area (Å²) >= 11 is 0. The van der Waals surface area contributed by atoms with Gasteiger partial charge in [-0.15, -0.1) is 5.10 Å². The lowest BCUT2D eigenvalue weighted by atomic mass is 9.92. The predicted molar refractivity (Wildman–Crippen MR) is 146 cm³/mol. The van der Waals surface area contributed by atoms with Gasteiger partial charge in [-0.1, -0.05) is 17.3 Å². The minimum atomic E-state index is -0.814. The number of aromatic nitrogens is 4. The highest BCUT2D eigenvalue weighted by Crippen LogP contribution is 2.28. The topological polar surface area (TPSA) is 140 Å². The average molecular weight is 521 g/mol. The van der Waals surface area contributed by atoms with Crippen LogP contribution in [0.1, 0.15) is 49.3 Å². The number of hydrogen-bond donors (Lipinski definition) is 5. The van der Waals surface area contributed by atoms with E-state index in [1.54, 1.807) is 12.1 Å². The highest BCUT2D eigenvalue weighted by Gasteiger charge is 2.22. The highest BCUT2D eigenvalue weighted by molar-refractivity contribution is 5.87. The summed E-state index contributed by atoms with van der Waals surface area (Å²) in [5.41, 5.74) is 3.53. The van der Waals surface area contributed by atoms with E-state index in [0.29, 0.717) is 35.6 Å². The van der Waals surface area contributed by atoms with E-state index in [1.807, 2.05) is 22.9 Å². The molecule has 0 aliphatic heterocycles. The number of aromatic amines is 1. The van der Waals surface area contributed by atoms with Crippen molar-refractivity contribution in [1.82, 2.24) is 30.2 Å². The molecule has 1 fully saturated rings. The van der Waals surface area contributed by atoms with Gasteiger partial charge in [-0.3, -0.25) is 4.79 Å². The molecule has 2 aromatic heterocycles. The molecule has 2 heterocycles. The second-order valence-electron chi connectivity index (χ2n) is 10.4. The van der Waals surface area contributed by atoms with E-state index in [-0.39, 0.29) is 17.4 Å². The first kappa shape index (κ1) is 26.3. The van der Waals surface area contributed by atoms with Gasteiger partial charge in [0.1, 0.15) is 11.3 Å². The molecule has 0 amide bonds. The number of aryl methyl sites for hydroxylation is 1. The van der Waals surface area contributed by atoms with Gasteiger partial charge in [0.2, 0.25) is 5.56 Å². The molecule has 0 spiro atoms. The number of aliphatic hydroxyl groups excluding tert-OH is 2. The van der Waals surface area contributed by atoms with Crippen molar-refractivity contribution < 1.29 is 15.3 Å². The Morgan fingerprint density at radius 2 is 1.97 bits per heavy atom. The summed E-state index contributed by atoms with van der Waals surface area (Å²) in [6.45, 7) is 2.63. The quantitative estimate of drug-likeness (QED) is 0.215. The Balaban J connectivity index is 1.14. The SMILES string of the molecule is CN(CCCn1nnc2cc(CNC[C@H](O)c3ccc(O)c4[nH]c(=O)ccc34)ccc21)C1CCC(O)CC1. The largest absolute Gasteiger partial charge is 0.506 e. The first-order valence-electron chi connectivity index (χ1n) is 13.3. The molecule has 5 N–H and O–H groups in total. The van der Waals surface area contributed by atoms with Crippen molar-refractivity contribution in [1.29, 1.82) is 0 Å². The molecule has 1 aliphatic rings. The molecule has 10 heteroatoms. The van der Waals surface area contributed by atoms with E-state index in [0.717, 1.165) is 61.8 Å². The first-order chi connectivity index (χ1) is 18.4. The molecule has 38 heavy (non-hydrogen) atoms. The van der Waals surface area contributed by atoms with Crippen molar-refractivity contribution >= 4 is 21.9 Å². The van der Waals surface area contributed by atoms with Crippen molar-refractivity contribution in [2.45, 2.75) is 63.4 Å². The standard InChI is InChI=1S/C28H36N6O4/c1-33(19-4-6-20(35)7-5-19)13-2-14-34-24-10-3-18(15-23(24)31-32-34)16-29-17-26(37)21-8-11-25(36)28-22(21)9-12-27(38)30-28/h3,8-12,15,19-20,26,29,35-37H,2,4-7,13-14,16-17H2,1H3,(H,30,38)/t19?,20?,26-/m0/s1. The maximum Gasteiger partial charge on any atom is 0.248 e. The summed E-state index contributed by atoms with van der Waals surface area (Å²) in [5, 5.41) is 43.2. The number of nitrogens with zero attached hydrogens (tertiary/aromatic N) is 4. The monoisotopic (exact) mass is 520 g/mol. The summed E-state index contributed by atoms with van der Waals surface area (Å²) < 4.78 is 1.95. The number of nitrogens with one attached hydrogen (secondary N) is 2. The van der Waals surface area contributed by atoms with Crippen LogP contribution in [-0.4, -0.2) is 72.5 Å². The third-order valence-electron chi connectivity index (χ3n) is 7.68. The Labute approximate surface area is 220 Å². The molecule has 2 aromatic carbocycles. The van der Waals surface area contributed by atoms with Gasteiger partial charge in [0, 0.05) is 37.1 Å². The van der Waals surface area contributed by atoms with E-state index in [9.17, 15) is 20.1 Å². The minimum absolute atomic E-state index is 0.0278. The van der Waals surface area contributed by atoms with Crippen LogP contribution in [-0.2, 0) is 13.1 Å². The maximum absolute atomic E-state index is 11.6. The van der Waals surface area contributed by atoms with Crippen molar-refractivity contribution in [3.63, 3.8) is 0 Å². The van der Waals surface area contributed by atoms with E-state index in [2.05, 4.69) is 32.6 Å². The van der Waals surface area contributed by atoms with Crippen LogP contribution >= 0.6 is 0 Å². The summed E-state index contributed by atoms with van der Waals surface area (Å²) in [6, 6.07) is 12.8. The molecule has 0 radical (unpaired) electrons. The number of pyridine rings is 1. The van der Waals surface area contributed by atoms with Crippen LogP contribution in [0.2, 0.25) is 0 Å². The number of phenols is 1. The number of benzene rings is 2.